The maximum Gasteiger partial charge on any atom is 0.119 e. The Morgan fingerprint density at radius 1 is 1.00 bits per heavy atom. The van der Waals surface area contributed by atoms with E-state index in [1.165, 1.54) is 16.7 Å². The summed E-state index contributed by atoms with van der Waals surface area (Å²) in [4.78, 5) is 0. The van der Waals surface area contributed by atoms with Crippen molar-refractivity contribution >= 4 is 0 Å². The molecule has 0 saturated carbocycles. The second kappa shape index (κ2) is 7.11. The molecule has 0 aliphatic carbocycles. The zero-order chi connectivity index (χ0) is 14.4. The summed E-state index contributed by atoms with van der Waals surface area (Å²) < 4.78 is 5.28. The molecule has 20 heavy (non-hydrogen) atoms. The third kappa shape index (κ3) is 3.40. The van der Waals surface area contributed by atoms with E-state index < -0.39 is 0 Å². The fourth-order valence-corrected chi connectivity index (χ4v) is 2.45. The zero-order valence-corrected chi connectivity index (χ0v) is 12.5. The smallest absolute Gasteiger partial charge is 0.119 e. The third-order valence-corrected chi connectivity index (χ3v) is 3.57. The summed E-state index contributed by atoms with van der Waals surface area (Å²) in [7, 11) is 1.70. The van der Waals surface area contributed by atoms with Gasteiger partial charge in [0.15, 0.2) is 0 Å². The molecule has 0 fully saturated rings. The minimum absolute atomic E-state index is 0.444. The Morgan fingerprint density at radius 3 is 2.35 bits per heavy atom. The van der Waals surface area contributed by atoms with Crippen molar-refractivity contribution in [2.75, 3.05) is 13.7 Å². The van der Waals surface area contributed by atoms with Crippen molar-refractivity contribution in [3.63, 3.8) is 0 Å². The molecule has 2 heteroatoms. The van der Waals surface area contributed by atoms with Gasteiger partial charge < -0.3 is 10.1 Å². The summed E-state index contributed by atoms with van der Waals surface area (Å²) in [5, 5.41) is 3.51. The predicted octanol–water partition coefficient (Wildman–Crippen LogP) is 4.42. The van der Waals surface area contributed by atoms with Gasteiger partial charge in [0.2, 0.25) is 0 Å². The van der Waals surface area contributed by atoms with Crippen LogP contribution in [0.2, 0.25) is 0 Å². The first-order chi connectivity index (χ1) is 9.78. The van der Waals surface area contributed by atoms with E-state index in [-0.39, 0.29) is 0 Å². The lowest BCUT2D eigenvalue weighted by Gasteiger charge is -2.16. The number of benzene rings is 2. The molecule has 2 aromatic rings. The minimum Gasteiger partial charge on any atom is -0.497 e. The summed E-state index contributed by atoms with van der Waals surface area (Å²) >= 11 is 0. The van der Waals surface area contributed by atoms with Crippen molar-refractivity contribution in [2.45, 2.75) is 26.3 Å². The highest BCUT2D eigenvalue weighted by molar-refractivity contribution is 5.65. The molecular formula is C18H23NO. The highest BCUT2D eigenvalue weighted by Crippen LogP contribution is 2.26. The van der Waals surface area contributed by atoms with Gasteiger partial charge in [-0.1, -0.05) is 50.2 Å². The van der Waals surface area contributed by atoms with Crippen LogP contribution in [-0.2, 0) is 0 Å². The molecule has 0 amide bonds. The van der Waals surface area contributed by atoms with Crippen LogP contribution in [0.3, 0.4) is 0 Å². The lowest BCUT2D eigenvalue weighted by Crippen LogP contribution is -2.19. The standard InChI is InChI=1S/C18H23NO/c1-4-18(19-5-2)15-11-9-14(10-12-15)16-7-6-8-17(13-16)20-3/h6-13,18-19H,4-5H2,1-3H3. The first-order valence-corrected chi connectivity index (χ1v) is 7.26. The van der Waals surface area contributed by atoms with Crippen LogP contribution in [0.1, 0.15) is 31.9 Å². The van der Waals surface area contributed by atoms with Gasteiger partial charge in [-0.05, 0) is 41.8 Å². The maximum absolute atomic E-state index is 5.28. The number of nitrogens with one attached hydrogen (secondary N) is 1. The van der Waals surface area contributed by atoms with Gasteiger partial charge in [0.05, 0.1) is 7.11 Å². The van der Waals surface area contributed by atoms with E-state index in [0.29, 0.717) is 6.04 Å². The number of rotatable bonds is 6. The van der Waals surface area contributed by atoms with E-state index in [4.69, 9.17) is 4.74 Å². The summed E-state index contributed by atoms with van der Waals surface area (Å²) in [6.07, 6.45) is 1.10. The molecule has 1 atom stereocenters. The quantitative estimate of drug-likeness (QED) is 0.838. The first kappa shape index (κ1) is 14.6. The topological polar surface area (TPSA) is 21.3 Å². The van der Waals surface area contributed by atoms with Crippen LogP contribution in [0.15, 0.2) is 48.5 Å². The first-order valence-electron chi connectivity index (χ1n) is 7.26. The molecule has 0 aliphatic rings. The molecule has 106 valence electrons. The fourth-order valence-electron chi connectivity index (χ4n) is 2.45. The molecular weight excluding hydrogens is 246 g/mol. The van der Waals surface area contributed by atoms with E-state index in [9.17, 15) is 0 Å². The largest absolute Gasteiger partial charge is 0.497 e. The minimum atomic E-state index is 0.444. The Bertz CT molecular complexity index is 533. The van der Waals surface area contributed by atoms with Crippen molar-refractivity contribution in [1.82, 2.24) is 5.32 Å². The van der Waals surface area contributed by atoms with E-state index in [2.05, 4.69) is 55.6 Å². The molecule has 1 unspecified atom stereocenters. The van der Waals surface area contributed by atoms with E-state index in [1.54, 1.807) is 7.11 Å². The summed E-state index contributed by atoms with van der Waals surface area (Å²) in [6, 6.07) is 17.4. The van der Waals surface area contributed by atoms with Gasteiger partial charge in [0, 0.05) is 6.04 Å². The van der Waals surface area contributed by atoms with Crippen LogP contribution in [-0.4, -0.2) is 13.7 Å². The Hall–Kier alpha value is -1.80. The fraction of sp³-hybridized carbons (Fsp3) is 0.333. The molecule has 0 heterocycles. The number of hydrogen-bond donors (Lipinski definition) is 1. The van der Waals surface area contributed by atoms with Gasteiger partial charge in [-0.3, -0.25) is 0 Å². The number of hydrogen-bond acceptors (Lipinski definition) is 2. The molecule has 1 N–H and O–H groups in total. The lowest BCUT2D eigenvalue weighted by molar-refractivity contribution is 0.415. The van der Waals surface area contributed by atoms with Crippen molar-refractivity contribution in [3.8, 4) is 16.9 Å². The van der Waals surface area contributed by atoms with Crippen molar-refractivity contribution in [1.29, 1.82) is 0 Å². The van der Waals surface area contributed by atoms with Crippen molar-refractivity contribution in [2.24, 2.45) is 0 Å². The molecule has 0 aromatic heterocycles. The van der Waals surface area contributed by atoms with E-state index in [0.717, 1.165) is 18.7 Å². The SMILES string of the molecule is CCNC(CC)c1ccc(-c2cccc(OC)c2)cc1. The van der Waals surface area contributed by atoms with Gasteiger partial charge >= 0.3 is 0 Å². The van der Waals surface area contributed by atoms with Crippen LogP contribution in [0.5, 0.6) is 5.75 Å². The van der Waals surface area contributed by atoms with Gasteiger partial charge in [-0.2, -0.15) is 0 Å². The number of methoxy groups -OCH3 is 1. The molecule has 0 saturated heterocycles. The highest BCUT2D eigenvalue weighted by atomic mass is 16.5. The summed E-state index contributed by atoms with van der Waals surface area (Å²) in [5.74, 6) is 0.894. The van der Waals surface area contributed by atoms with Gasteiger partial charge in [0.1, 0.15) is 5.75 Å². The molecule has 2 aromatic carbocycles. The Kier molecular flexibility index (Phi) is 5.19. The van der Waals surface area contributed by atoms with E-state index >= 15 is 0 Å². The Balaban J connectivity index is 2.22. The average Bonchev–Trinajstić information content (AvgIpc) is 2.53. The third-order valence-electron chi connectivity index (χ3n) is 3.57. The van der Waals surface area contributed by atoms with Crippen LogP contribution >= 0.6 is 0 Å². The lowest BCUT2D eigenvalue weighted by atomic mass is 9.99. The second-order valence-corrected chi connectivity index (χ2v) is 4.87. The monoisotopic (exact) mass is 269 g/mol. The molecule has 2 nitrogen and oxygen atoms in total. The van der Waals surface area contributed by atoms with Crippen molar-refractivity contribution in [3.05, 3.63) is 54.1 Å². The van der Waals surface area contributed by atoms with Crippen LogP contribution in [0.25, 0.3) is 11.1 Å². The van der Waals surface area contributed by atoms with Crippen LogP contribution < -0.4 is 10.1 Å². The molecule has 0 radical (unpaired) electrons. The van der Waals surface area contributed by atoms with Crippen LogP contribution in [0, 0.1) is 0 Å². The van der Waals surface area contributed by atoms with Gasteiger partial charge in [-0.25, -0.2) is 0 Å². The molecule has 0 aliphatic heterocycles. The molecule has 0 spiro atoms. The molecule has 0 bridgehead atoms. The molecule has 2 rings (SSSR count). The van der Waals surface area contributed by atoms with E-state index in [1.807, 2.05) is 12.1 Å². The van der Waals surface area contributed by atoms with Gasteiger partial charge in [-0.15, -0.1) is 0 Å². The van der Waals surface area contributed by atoms with Crippen LogP contribution in [0.4, 0.5) is 0 Å². The zero-order valence-electron chi connectivity index (χ0n) is 12.5. The number of ether oxygens (including phenoxy) is 1. The normalized spacial score (nSPS) is 12.2. The summed E-state index contributed by atoms with van der Waals surface area (Å²) in [6.45, 7) is 5.35. The second-order valence-electron chi connectivity index (χ2n) is 4.87. The van der Waals surface area contributed by atoms with Gasteiger partial charge in [0.25, 0.3) is 0 Å². The van der Waals surface area contributed by atoms with Crippen molar-refractivity contribution < 1.29 is 4.74 Å². The maximum atomic E-state index is 5.28. The highest BCUT2D eigenvalue weighted by Gasteiger charge is 2.07. The average molecular weight is 269 g/mol. The summed E-state index contributed by atoms with van der Waals surface area (Å²) in [5.41, 5.74) is 3.76. The Labute approximate surface area is 121 Å². The predicted molar refractivity (Wildman–Crippen MR) is 85.1 cm³/mol. The Morgan fingerprint density at radius 2 is 1.75 bits per heavy atom.